The normalized spacial score (nSPS) is 16.6. The van der Waals surface area contributed by atoms with Crippen molar-refractivity contribution in [3.05, 3.63) is 76.0 Å². The lowest BCUT2D eigenvalue weighted by Crippen LogP contribution is -2.57. The van der Waals surface area contributed by atoms with Crippen LogP contribution in [-0.2, 0) is 5.54 Å². The fourth-order valence-corrected chi connectivity index (χ4v) is 5.64. The molecule has 1 fully saturated rings. The number of likely N-dealkylation sites (tertiary alicyclic amines) is 1. The quantitative estimate of drug-likeness (QED) is 0.461. The highest BCUT2D eigenvalue weighted by Gasteiger charge is 2.46. The highest BCUT2D eigenvalue weighted by atomic mass is 79.9. The molecule has 32 heavy (non-hydrogen) atoms. The molecule has 5 nitrogen and oxygen atoms in total. The summed E-state index contributed by atoms with van der Waals surface area (Å²) in [4.78, 5) is 17.5. The molecule has 1 aromatic heterocycles. The van der Waals surface area contributed by atoms with E-state index >= 15 is 0 Å². The van der Waals surface area contributed by atoms with Crippen LogP contribution in [0.25, 0.3) is 5.69 Å². The molecule has 0 bridgehead atoms. The molecule has 2 aromatic carbocycles. The Morgan fingerprint density at radius 2 is 1.84 bits per heavy atom. The number of hydrogen-bond acceptors (Lipinski definition) is 2. The molecule has 166 valence electrons. The number of carbonyl (C=O) groups excluding carboxylic acids is 1. The second-order valence-electron chi connectivity index (χ2n) is 8.91. The van der Waals surface area contributed by atoms with E-state index in [0.717, 1.165) is 48.2 Å². The van der Waals surface area contributed by atoms with Gasteiger partial charge in [-0.25, -0.2) is 4.79 Å². The van der Waals surface area contributed by atoms with Gasteiger partial charge in [-0.2, -0.15) is 0 Å². The van der Waals surface area contributed by atoms with Crippen LogP contribution in [0.3, 0.4) is 0 Å². The van der Waals surface area contributed by atoms with Gasteiger partial charge in [0.25, 0.3) is 0 Å². The highest BCUT2D eigenvalue weighted by Crippen LogP contribution is 2.48. The average molecular weight is 493 g/mol. The van der Waals surface area contributed by atoms with Crippen molar-refractivity contribution in [2.75, 3.05) is 29.9 Å². The number of nitrogens with one attached hydrogen (secondary N) is 1. The van der Waals surface area contributed by atoms with Crippen molar-refractivity contribution in [2.45, 2.75) is 39.2 Å². The van der Waals surface area contributed by atoms with Gasteiger partial charge in [0, 0.05) is 41.7 Å². The number of carbonyl (C=O) groups is 1. The van der Waals surface area contributed by atoms with Crippen LogP contribution >= 0.6 is 15.9 Å². The summed E-state index contributed by atoms with van der Waals surface area (Å²) < 4.78 is 3.40. The second kappa shape index (κ2) is 8.00. The standard InChI is InChI=1S/C26H29BrN4O/c1-4-31-23-16-18(2)7-10-22(23)30-13-5-6-24(30)26(31)11-14-29(15-12-26)25(32)28-20-8-9-21(27)19(3)17-20/h5-10,13,16-17H,4,11-12,14-15H2,1-3H3,(H,28,32). The molecule has 1 N–H and O–H groups in total. The number of urea groups is 1. The number of halogens is 1. The van der Waals surface area contributed by atoms with Crippen LogP contribution in [0.2, 0.25) is 0 Å². The minimum atomic E-state index is -0.0932. The Kier molecular flexibility index (Phi) is 5.28. The van der Waals surface area contributed by atoms with Crippen LogP contribution in [0.5, 0.6) is 0 Å². The van der Waals surface area contributed by atoms with Crippen LogP contribution in [0, 0.1) is 13.8 Å². The van der Waals surface area contributed by atoms with Gasteiger partial charge < -0.3 is 19.7 Å². The maximum Gasteiger partial charge on any atom is 0.321 e. The molecule has 3 heterocycles. The number of anilines is 2. The summed E-state index contributed by atoms with van der Waals surface area (Å²) >= 11 is 3.52. The van der Waals surface area contributed by atoms with Crippen LogP contribution in [0.4, 0.5) is 16.2 Å². The van der Waals surface area contributed by atoms with Crippen LogP contribution in [0.15, 0.2) is 59.2 Å². The predicted octanol–water partition coefficient (Wildman–Crippen LogP) is 6.22. The topological polar surface area (TPSA) is 40.5 Å². The first-order valence-electron chi connectivity index (χ1n) is 11.3. The van der Waals surface area contributed by atoms with E-state index in [1.807, 2.05) is 30.0 Å². The Hall–Kier alpha value is -2.73. The molecule has 2 aliphatic heterocycles. The Morgan fingerprint density at radius 1 is 1.06 bits per heavy atom. The minimum Gasteiger partial charge on any atom is -0.359 e. The van der Waals surface area contributed by atoms with E-state index in [9.17, 15) is 4.79 Å². The molecule has 0 atom stereocenters. The smallest absolute Gasteiger partial charge is 0.321 e. The molecule has 6 heteroatoms. The van der Waals surface area contributed by atoms with Gasteiger partial charge in [0.2, 0.25) is 0 Å². The number of nitrogens with zero attached hydrogens (tertiary/aromatic N) is 3. The SMILES string of the molecule is CCN1c2cc(C)ccc2-n2cccc2C12CCN(C(=O)Nc1ccc(Br)c(C)c1)CC2. The number of benzene rings is 2. The van der Waals surface area contributed by atoms with E-state index in [2.05, 4.69) is 81.1 Å². The zero-order chi connectivity index (χ0) is 22.5. The third-order valence-corrected chi connectivity index (χ3v) is 7.92. The Bertz CT molecular complexity index is 1180. The van der Waals surface area contributed by atoms with E-state index in [-0.39, 0.29) is 11.6 Å². The van der Waals surface area contributed by atoms with Gasteiger partial charge in [0.1, 0.15) is 0 Å². The summed E-state index contributed by atoms with van der Waals surface area (Å²) in [6, 6.07) is 17.0. The maximum atomic E-state index is 13.0. The van der Waals surface area contributed by atoms with Crippen LogP contribution in [-0.4, -0.2) is 35.1 Å². The lowest BCUT2D eigenvalue weighted by Gasteiger charge is -2.53. The first-order chi connectivity index (χ1) is 15.4. The summed E-state index contributed by atoms with van der Waals surface area (Å²) in [6.45, 7) is 8.81. The third-order valence-electron chi connectivity index (χ3n) is 7.03. The molecule has 2 aliphatic rings. The van der Waals surface area contributed by atoms with Gasteiger partial charge in [-0.05, 0) is 87.2 Å². The van der Waals surface area contributed by atoms with Crippen molar-refractivity contribution in [1.29, 1.82) is 0 Å². The summed E-state index contributed by atoms with van der Waals surface area (Å²) in [5.74, 6) is 0. The minimum absolute atomic E-state index is 0.0212. The zero-order valence-corrected chi connectivity index (χ0v) is 20.4. The van der Waals surface area contributed by atoms with Crippen LogP contribution in [0.1, 0.15) is 36.6 Å². The molecule has 2 amide bonds. The van der Waals surface area contributed by atoms with Crippen molar-refractivity contribution in [1.82, 2.24) is 9.47 Å². The highest BCUT2D eigenvalue weighted by molar-refractivity contribution is 9.10. The number of amides is 2. The van der Waals surface area contributed by atoms with Crippen molar-refractivity contribution >= 4 is 33.3 Å². The monoisotopic (exact) mass is 492 g/mol. The lowest BCUT2D eigenvalue weighted by atomic mass is 9.80. The van der Waals surface area contributed by atoms with Crippen LogP contribution < -0.4 is 10.2 Å². The van der Waals surface area contributed by atoms with Gasteiger partial charge >= 0.3 is 6.03 Å². The fraction of sp³-hybridized carbons (Fsp3) is 0.346. The lowest BCUT2D eigenvalue weighted by molar-refractivity contribution is 0.161. The molecule has 0 aliphatic carbocycles. The molecular formula is C26H29BrN4O. The number of fused-ring (bicyclic) bond motifs is 4. The van der Waals surface area contributed by atoms with E-state index in [1.165, 1.54) is 22.6 Å². The Balaban J connectivity index is 1.40. The van der Waals surface area contributed by atoms with Crippen molar-refractivity contribution in [2.24, 2.45) is 0 Å². The van der Waals surface area contributed by atoms with E-state index < -0.39 is 0 Å². The van der Waals surface area contributed by atoms with Gasteiger partial charge in [-0.15, -0.1) is 0 Å². The summed E-state index contributed by atoms with van der Waals surface area (Å²) in [7, 11) is 0. The molecule has 1 saturated heterocycles. The molecule has 0 saturated carbocycles. The van der Waals surface area contributed by atoms with Crippen molar-refractivity contribution < 1.29 is 4.79 Å². The van der Waals surface area contributed by atoms with E-state index in [4.69, 9.17) is 0 Å². The second-order valence-corrected chi connectivity index (χ2v) is 9.77. The number of aromatic nitrogens is 1. The first-order valence-corrected chi connectivity index (χ1v) is 12.1. The number of rotatable bonds is 2. The molecule has 5 rings (SSSR count). The summed E-state index contributed by atoms with van der Waals surface area (Å²) in [5, 5.41) is 3.08. The predicted molar refractivity (Wildman–Crippen MR) is 134 cm³/mol. The van der Waals surface area contributed by atoms with Gasteiger partial charge in [-0.3, -0.25) is 0 Å². The third kappa shape index (κ3) is 3.32. The fourth-order valence-electron chi connectivity index (χ4n) is 5.40. The largest absolute Gasteiger partial charge is 0.359 e. The van der Waals surface area contributed by atoms with E-state index in [1.54, 1.807) is 0 Å². The maximum absolute atomic E-state index is 13.0. The average Bonchev–Trinajstić information content (AvgIpc) is 3.28. The molecular weight excluding hydrogens is 464 g/mol. The summed E-state index contributed by atoms with van der Waals surface area (Å²) in [5.41, 5.74) is 6.99. The number of piperidine rings is 1. The molecule has 0 radical (unpaired) electrons. The Morgan fingerprint density at radius 3 is 2.56 bits per heavy atom. The van der Waals surface area contributed by atoms with Gasteiger partial charge in [0.05, 0.1) is 16.9 Å². The van der Waals surface area contributed by atoms with E-state index in [0.29, 0.717) is 0 Å². The number of aryl methyl sites for hydroxylation is 2. The van der Waals surface area contributed by atoms with Gasteiger partial charge in [0.15, 0.2) is 0 Å². The molecule has 3 aromatic rings. The van der Waals surface area contributed by atoms with Crippen molar-refractivity contribution in [3.63, 3.8) is 0 Å². The Labute approximate surface area is 198 Å². The summed E-state index contributed by atoms with van der Waals surface area (Å²) in [6.07, 6.45) is 3.99. The molecule has 0 unspecified atom stereocenters. The van der Waals surface area contributed by atoms with Crippen molar-refractivity contribution in [3.8, 4) is 5.69 Å². The van der Waals surface area contributed by atoms with Gasteiger partial charge in [-0.1, -0.05) is 22.0 Å². The number of hydrogen-bond donors (Lipinski definition) is 1. The zero-order valence-electron chi connectivity index (χ0n) is 18.9. The molecule has 1 spiro atoms. The first kappa shape index (κ1) is 21.1.